The summed E-state index contributed by atoms with van der Waals surface area (Å²) in [7, 11) is 1.27. The third-order valence-corrected chi connectivity index (χ3v) is 3.10. The molecule has 0 N–H and O–H groups in total. The quantitative estimate of drug-likeness (QED) is 0.426. The summed E-state index contributed by atoms with van der Waals surface area (Å²) in [6, 6.07) is 0. The number of allylic oxidation sites excluding steroid dienone is 1. The topological polar surface area (TPSA) is 60.4 Å². The summed E-state index contributed by atoms with van der Waals surface area (Å²) in [6.07, 6.45) is 5.77. The normalized spacial score (nSPS) is 24.2. The summed E-state index contributed by atoms with van der Waals surface area (Å²) in [5, 5.41) is 0. The molecule has 0 saturated heterocycles. The molecular formula is C13H18O4. The molecule has 94 valence electrons. The van der Waals surface area contributed by atoms with E-state index in [1.807, 2.05) is 6.08 Å². The fourth-order valence-electron chi connectivity index (χ4n) is 2.04. The van der Waals surface area contributed by atoms with Crippen LogP contribution in [0.2, 0.25) is 0 Å². The minimum atomic E-state index is -1.24. The van der Waals surface area contributed by atoms with E-state index in [1.165, 1.54) is 14.0 Å². The Balaban J connectivity index is 3.01. The number of carbonyl (C=O) groups excluding carboxylic acids is 3. The Hall–Kier alpha value is -1.45. The molecule has 0 spiro atoms. The van der Waals surface area contributed by atoms with Gasteiger partial charge in [-0.2, -0.15) is 0 Å². The molecule has 0 heterocycles. The van der Waals surface area contributed by atoms with Crippen LogP contribution in [0, 0.1) is 5.41 Å². The Bertz CT molecular complexity index is 356. The highest BCUT2D eigenvalue weighted by Crippen LogP contribution is 2.33. The second-order valence-corrected chi connectivity index (χ2v) is 4.38. The van der Waals surface area contributed by atoms with Crippen LogP contribution < -0.4 is 0 Å². The number of rotatable bonds is 4. The van der Waals surface area contributed by atoms with Gasteiger partial charge in [-0.15, -0.1) is 0 Å². The van der Waals surface area contributed by atoms with Gasteiger partial charge in [-0.05, 0) is 26.2 Å². The summed E-state index contributed by atoms with van der Waals surface area (Å²) < 4.78 is 4.73. The Labute approximate surface area is 101 Å². The highest BCUT2D eigenvalue weighted by molar-refractivity contribution is 6.06. The summed E-state index contributed by atoms with van der Waals surface area (Å²) in [5.74, 6) is -0.722. The molecule has 1 aliphatic rings. The van der Waals surface area contributed by atoms with Crippen molar-refractivity contribution in [3.05, 3.63) is 12.2 Å². The highest BCUT2D eigenvalue weighted by Gasteiger charge is 2.44. The van der Waals surface area contributed by atoms with Crippen molar-refractivity contribution in [1.29, 1.82) is 0 Å². The summed E-state index contributed by atoms with van der Waals surface area (Å²) in [5.41, 5.74) is -1.24. The van der Waals surface area contributed by atoms with Crippen molar-refractivity contribution < 1.29 is 19.1 Å². The molecule has 4 heteroatoms. The molecule has 0 radical (unpaired) electrons. The van der Waals surface area contributed by atoms with Crippen molar-refractivity contribution in [2.24, 2.45) is 5.41 Å². The van der Waals surface area contributed by atoms with E-state index in [9.17, 15) is 14.4 Å². The molecule has 0 amide bonds. The molecule has 4 nitrogen and oxygen atoms in total. The lowest BCUT2D eigenvalue weighted by Gasteiger charge is -2.25. The second kappa shape index (κ2) is 5.75. The van der Waals surface area contributed by atoms with Gasteiger partial charge in [0.25, 0.3) is 0 Å². The zero-order valence-electron chi connectivity index (χ0n) is 10.3. The molecule has 0 saturated carbocycles. The van der Waals surface area contributed by atoms with Crippen molar-refractivity contribution in [3.63, 3.8) is 0 Å². The zero-order valence-corrected chi connectivity index (χ0v) is 10.3. The van der Waals surface area contributed by atoms with E-state index in [2.05, 4.69) is 0 Å². The first kappa shape index (κ1) is 13.6. The summed E-state index contributed by atoms with van der Waals surface area (Å²) >= 11 is 0. The average molecular weight is 238 g/mol. The fraction of sp³-hybridized carbons (Fsp3) is 0.615. The molecule has 0 aromatic rings. The van der Waals surface area contributed by atoms with Gasteiger partial charge >= 0.3 is 5.97 Å². The van der Waals surface area contributed by atoms with Gasteiger partial charge < -0.3 is 9.53 Å². The van der Waals surface area contributed by atoms with E-state index < -0.39 is 11.4 Å². The van der Waals surface area contributed by atoms with Crippen molar-refractivity contribution in [2.45, 2.75) is 39.0 Å². The molecule has 0 aromatic carbocycles. The van der Waals surface area contributed by atoms with Gasteiger partial charge in [0.1, 0.15) is 11.2 Å². The summed E-state index contributed by atoms with van der Waals surface area (Å²) in [6.45, 7) is 1.45. The van der Waals surface area contributed by atoms with Crippen LogP contribution in [0.15, 0.2) is 12.2 Å². The molecule has 1 unspecified atom stereocenters. The van der Waals surface area contributed by atoms with E-state index in [4.69, 9.17) is 4.74 Å². The predicted molar refractivity (Wildman–Crippen MR) is 62.4 cm³/mol. The first-order valence-electron chi connectivity index (χ1n) is 5.82. The largest absolute Gasteiger partial charge is 0.468 e. The van der Waals surface area contributed by atoms with Crippen molar-refractivity contribution in [3.8, 4) is 0 Å². The third-order valence-electron chi connectivity index (χ3n) is 3.10. The van der Waals surface area contributed by atoms with Crippen LogP contribution in [0.4, 0.5) is 0 Å². The van der Waals surface area contributed by atoms with Gasteiger partial charge in [0.15, 0.2) is 5.78 Å². The van der Waals surface area contributed by atoms with Gasteiger partial charge in [-0.25, -0.2) is 0 Å². The van der Waals surface area contributed by atoms with Crippen LogP contribution in [-0.2, 0) is 19.1 Å². The smallest absolute Gasteiger partial charge is 0.323 e. The number of hydrogen-bond donors (Lipinski definition) is 0. The molecule has 17 heavy (non-hydrogen) atoms. The molecule has 0 aromatic heterocycles. The first-order valence-corrected chi connectivity index (χ1v) is 5.82. The minimum Gasteiger partial charge on any atom is -0.468 e. The lowest BCUT2D eigenvalue weighted by Crippen LogP contribution is -2.38. The van der Waals surface area contributed by atoms with Gasteiger partial charge in [0.2, 0.25) is 0 Å². The molecule has 0 aliphatic heterocycles. The predicted octanol–water partition coefficient (Wildman–Crippen LogP) is 1.82. The average Bonchev–Trinajstić information content (AvgIpc) is 2.48. The zero-order chi connectivity index (χ0) is 12.9. The molecular weight excluding hydrogens is 220 g/mol. The Morgan fingerprint density at radius 1 is 1.47 bits per heavy atom. The summed E-state index contributed by atoms with van der Waals surface area (Å²) in [4.78, 5) is 35.0. The van der Waals surface area contributed by atoms with E-state index in [1.54, 1.807) is 6.08 Å². The van der Waals surface area contributed by atoms with Crippen LogP contribution in [-0.4, -0.2) is 24.6 Å². The van der Waals surface area contributed by atoms with E-state index in [0.717, 1.165) is 12.8 Å². The maximum Gasteiger partial charge on any atom is 0.323 e. The lowest BCUT2D eigenvalue weighted by molar-refractivity contribution is -0.155. The van der Waals surface area contributed by atoms with Gasteiger partial charge in [-0.1, -0.05) is 12.2 Å². The number of esters is 1. The van der Waals surface area contributed by atoms with Crippen LogP contribution in [0.25, 0.3) is 0 Å². The molecule has 0 fully saturated rings. The number of ether oxygens (including phenoxy) is 1. The monoisotopic (exact) mass is 238 g/mol. The second-order valence-electron chi connectivity index (χ2n) is 4.38. The van der Waals surface area contributed by atoms with Crippen LogP contribution >= 0.6 is 0 Å². The maximum absolute atomic E-state index is 12.1. The Morgan fingerprint density at radius 2 is 2.18 bits per heavy atom. The van der Waals surface area contributed by atoms with E-state index in [0.29, 0.717) is 6.42 Å². The Kier molecular flexibility index (Phi) is 4.61. The van der Waals surface area contributed by atoms with Crippen molar-refractivity contribution in [1.82, 2.24) is 0 Å². The maximum atomic E-state index is 12.1. The van der Waals surface area contributed by atoms with Gasteiger partial charge in [0, 0.05) is 12.8 Å². The third kappa shape index (κ3) is 3.02. The SMILES string of the molecule is COC(=O)C1(CCC(C)=O)C=CCCCC1=O. The number of carbonyl (C=O) groups is 3. The number of hydrogen-bond acceptors (Lipinski definition) is 4. The van der Waals surface area contributed by atoms with Gasteiger partial charge in [0.05, 0.1) is 7.11 Å². The van der Waals surface area contributed by atoms with Crippen LogP contribution in [0.5, 0.6) is 0 Å². The van der Waals surface area contributed by atoms with Gasteiger partial charge in [-0.3, -0.25) is 9.59 Å². The van der Waals surface area contributed by atoms with Crippen LogP contribution in [0.3, 0.4) is 0 Å². The molecule has 1 atom stereocenters. The van der Waals surface area contributed by atoms with Crippen molar-refractivity contribution in [2.75, 3.05) is 7.11 Å². The molecule has 1 rings (SSSR count). The lowest BCUT2D eigenvalue weighted by atomic mass is 9.77. The molecule has 0 bridgehead atoms. The molecule has 1 aliphatic carbocycles. The Morgan fingerprint density at radius 3 is 2.76 bits per heavy atom. The number of Topliss-reactive ketones (excluding diaryl/α,β-unsaturated/α-hetero) is 2. The van der Waals surface area contributed by atoms with Crippen molar-refractivity contribution >= 4 is 17.5 Å². The minimum absolute atomic E-state index is 0.0290. The number of methoxy groups -OCH3 is 1. The highest BCUT2D eigenvalue weighted by atomic mass is 16.5. The van der Waals surface area contributed by atoms with E-state index in [-0.39, 0.29) is 24.4 Å². The van der Waals surface area contributed by atoms with E-state index >= 15 is 0 Å². The van der Waals surface area contributed by atoms with Crippen LogP contribution in [0.1, 0.15) is 39.0 Å². The number of ketones is 2. The standard InChI is InChI=1S/C13H18O4/c1-10(14)7-9-13(12(16)17-2)8-5-3-4-6-11(13)15/h5,8H,3-4,6-7,9H2,1-2H3. The first-order chi connectivity index (χ1) is 8.03. The fourth-order valence-corrected chi connectivity index (χ4v) is 2.04.